The molecule has 0 saturated carbocycles. The van der Waals surface area contributed by atoms with Crippen molar-refractivity contribution < 1.29 is 14.4 Å². The molecule has 42 heavy (non-hydrogen) atoms. The first-order chi connectivity index (χ1) is 20.4. The van der Waals surface area contributed by atoms with Crippen molar-refractivity contribution in [2.24, 2.45) is 5.92 Å². The van der Waals surface area contributed by atoms with Crippen molar-refractivity contribution in [1.82, 2.24) is 4.57 Å². The molecule has 0 radical (unpaired) electrons. The van der Waals surface area contributed by atoms with Gasteiger partial charge in [0.25, 0.3) is 0 Å². The van der Waals surface area contributed by atoms with Gasteiger partial charge in [-0.25, -0.2) is 4.90 Å². The quantitative estimate of drug-likeness (QED) is 0.241. The number of imide groups is 1. The van der Waals surface area contributed by atoms with Gasteiger partial charge in [0.15, 0.2) is 0 Å². The Bertz CT molecular complexity index is 1940. The molecule has 208 valence electrons. The zero-order valence-corrected chi connectivity index (χ0v) is 24.3. The van der Waals surface area contributed by atoms with Gasteiger partial charge >= 0.3 is 4.87 Å². The van der Waals surface area contributed by atoms with Gasteiger partial charge < -0.3 is 5.32 Å². The van der Waals surface area contributed by atoms with E-state index in [2.05, 4.69) is 5.32 Å². The fraction of sp³-hybridized carbons (Fsp3) is 0.125. The van der Waals surface area contributed by atoms with E-state index in [0.717, 1.165) is 27.7 Å². The SMILES string of the molecule is O=C(Cn1c2c(sc1=O)[C@H](c1ccc(Cl)cc1)C1C(=O)N(c3ccccc3)C(=O)C1S2)Nc1ccc2ccccc2c1. The number of rotatable bonds is 5. The Morgan fingerprint density at radius 2 is 1.55 bits per heavy atom. The van der Waals surface area contributed by atoms with Crippen molar-refractivity contribution >= 4 is 74.6 Å². The lowest BCUT2D eigenvalue weighted by Crippen LogP contribution is -2.33. The summed E-state index contributed by atoms with van der Waals surface area (Å²) in [5, 5.41) is 5.26. The summed E-state index contributed by atoms with van der Waals surface area (Å²) < 4.78 is 1.42. The number of para-hydroxylation sites is 1. The topological polar surface area (TPSA) is 88.5 Å². The second-order valence-corrected chi connectivity index (χ2v) is 12.7. The predicted molar refractivity (Wildman–Crippen MR) is 167 cm³/mol. The number of halogens is 1. The highest BCUT2D eigenvalue weighted by atomic mass is 35.5. The molecule has 3 heterocycles. The Morgan fingerprint density at radius 3 is 2.31 bits per heavy atom. The first-order valence-electron chi connectivity index (χ1n) is 13.3. The Kier molecular flexibility index (Phi) is 6.73. The van der Waals surface area contributed by atoms with E-state index in [4.69, 9.17) is 11.6 Å². The third-order valence-corrected chi connectivity index (χ3v) is 10.5. The molecule has 1 saturated heterocycles. The van der Waals surface area contributed by atoms with Crippen molar-refractivity contribution in [2.45, 2.75) is 22.7 Å². The minimum Gasteiger partial charge on any atom is -0.325 e. The monoisotopic (exact) mass is 611 g/mol. The van der Waals surface area contributed by atoms with E-state index in [1.165, 1.54) is 21.2 Å². The van der Waals surface area contributed by atoms with Crippen LogP contribution >= 0.6 is 34.7 Å². The van der Waals surface area contributed by atoms with Gasteiger partial charge in [-0.05, 0) is 52.7 Å². The van der Waals surface area contributed by atoms with Crippen LogP contribution in [0.5, 0.6) is 0 Å². The smallest absolute Gasteiger partial charge is 0.308 e. The summed E-state index contributed by atoms with van der Waals surface area (Å²) >= 11 is 8.38. The van der Waals surface area contributed by atoms with E-state index >= 15 is 0 Å². The van der Waals surface area contributed by atoms with Crippen LogP contribution in [-0.4, -0.2) is 27.5 Å². The maximum atomic E-state index is 13.9. The van der Waals surface area contributed by atoms with Gasteiger partial charge in [-0.3, -0.25) is 23.7 Å². The summed E-state index contributed by atoms with van der Waals surface area (Å²) in [4.78, 5) is 55.8. The minimum absolute atomic E-state index is 0.222. The Hall–Kier alpha value is -4.18. The number of thiazole rings is 1. The number of nitrogens with zero attached hydrogens (tertiary/aromatic N) is 2. The van der Waals surface area contributed by atoms with Crippen molar-refractivity contribution in [3.8, 4) is 0 Å². The Morgan fingerprint density at radius 1 is 0.833 bits per heavy atom. The predicted octanol–water partition coefficient (Wildman–Crippen LogP) is 6.15. The summed E-state index contributed by atoms with van der Waals surface area (Å²) in [7, 11) is 0. The molecule has 1 N–H and O–H groups in total. The maximum absolute atomic E-state index is 13.9. The lowest BCUT2D eigenvalue weighted by Gasteiger charge is -2.30. The molecule has 2 unspecified atom stereocenters. The molecule has 7 rings (SSSR count). The molecule has 3 atom stereocenters. The minimum atomic E-state index is -0.755. The van der Waals surface area contributed by atoms with Crippen LogP contribution in [0.25, 0.3) is 10.8 Å². The summed E-state index contributed by atoms with van der Waals surface area (Å²) in [6.45, 7) is -0.222. The summed E-state index contributed by atoms with van der Waals surface area (Å²) in [5.41, 5.74) is 1.91. The highest BCUT2D eigenvalue weighted by Gasteiger charge is 2.56. The third kappa shape index (κ3) is 4.54. The van der Waals surface area contributed by atoms with Gasteiger partial charge in [-0.2, -0.15) is 0 Å². The summed E-state index contributed by atoms with van der Waals surface area (Å²) in [5.74, 6) is -2.27. The average Bonchev–Trinajstić information content (AvgIpc) is 3.44. The van der Waals surface area contributed by atoms with Crippen molar-refractivity contribution in [2.75, 3.05) is 10.2 Å². The molecule has 2 aliphatic heterocycles. The van der Waals surface area contributed by atoms with E-state index < -0.39 is 17.1 Å². The second-order valence-electron chi connectivity index (χ2n) is 10.2. The van der Waals surface area contributed by atoms with Gasteiger partial charge in [-0.1, -0.05) is 95.4 Å². The number of nitrogens with one attached hydrogen (secondary N) is 1. The molecular formula is C32H22ClN3O4S2. The molecule has 7 nitrogen and oxygen atoms in total. The van der Waals surface area contributed by atoms with Crippen LogP contribution < -0.4 is 15.1 Å². The first kappa shape index (κ1) is 26.7. The highest BCUT2D eigenvalue weighted by molar-refractivity contribution is 8.00. The molecule has 3 amide bonds. The van der Waals surface area contributed by atoms with Crippen LogP contribution in [0.1, 0.15) is 16.4 Å². The normalized spacial score (nSPS) is 19.5. The van der Waals surface area contributed by atoms with Gasteiger partial charge in [0.1, 0.15) is 11.8 Å². The highest BCUT2D eigenvalue weighted by Crippen LogP contribution is 2.53. The molecule has 1 aromatic heterocycles. The van der Waals surface area contributed by atoms with E-state index in [9.17, 15) is 19.2 Å². The van der Waals surface area contributed by atoms with Gasteiger partial charge in [-0.15, -0.1) is 0 Å². The number of carbonyl (C=O) groups excluding carboxylic acids is 3. The lowest BCUT2D eigenvalue weighted by atomic mass is 9.83. The number of anilines is 2. The van der Waals surface area contributed by atoms with E-state index in [1.54, 1.807) is 36.4 Å². The largest absolute Gasteiger partial charge is 0.325 e. The van der Waals surface area contributed by atoms with Gasteiger partial charge in [0.05, 0.1) is 16.6 Å². The number of thioether (sulfide) groups is 1. The molecule has 1 fully saturated rings. The van der Waals surface area contributed by atoms with Crippen molar-refractivity contribution in [3.05, 3.63) is 122 Å². The number of fused-ring (bicyclic) bond motifs is 3. The second kappa shape index (κ2) is 10.6. The van der Waals surface area contributed by atoms with Crippen LogP contribution in [0, 0.1) is 5.92 Å². The number of benzene rings is 4. The molecule has 0 bridgehead atoms. The first-order valence-corrected chi connectivity index (χ1v) is 15.3. The molecule has 2 aliphatic rings. The molecule has 5 aromatic rings. The summed E-state index contributed by atoms with van der Waals surface area (Å²) in [6, 6.07) is 29.5. The van der Waals surface area contributed by atoms with Crippen LogP contribution in [0.15, 0.2) is 107 Å². The van der Waals surface area contributed by atoms with E-state index in [1.807, 2.05) is 60.7 Å². The van der Waals surface area contributed by atoms with Crippen LogP contribution in [0.3, 0.4) is 0 Å². The Labute approximate surface area is 253 Å². The van der Waals surface area contributed by atoms with Crippen LogP contribution in [0.4, 0.5) is 11.4 Å². The van der Waals surface area contributed by atoms with E-state index in [-0.39, 0.29) is 29.1 Å². The standard InChI is InChI=1S/C32H22ClN3O4S2/c33-21-13-10-19(11-14-21)25-26-27(30(39)36(29(26)38)23-8-2-1-3-9-23)41-31-28(25)42-32(40)35(31)17-24(37)34-22-15-12-18-6-4-5-7-20(18)16-22/h1-16,25-27H,17H2,(H,34,37)/t25-,26?,27?/m1/s1. The molecule has 0 aliphatic carbocycles. The zero-order chi connectivity index (χ0) is 29.0. The number of amides is 3. The van der Waals surface area contributed by atoms with Gasteiger partial charge in [0, 0.05) is 21.5 Å². The maximum Gasteiger partial charge on any atom is 0.308 e. The number of hydrogen-bond donors (Lipinski definition) is 1. The number of carbonyl (C=O) groups is 3. The molecule has 10 heteroatoms. The van der Waals surface area contributed by atoms with Crippen molar-refractivity contribution in [3.63, 3.8) is 0 Å². The van der Waals surface area contributed by atoms with Gasteiger partial charge in [0.2, 0.25) is 17.7 Å². The molecular weight excluding hydrogens is 590 g/mol. The molecule has 4 aromatic carbocycles. The van der Waals surface area contributed by atoms with Crippen molar-refractivity contribution in [1.29, 1.82) is 0 Å². The summed E-state index contributed by atoms with van der Waals surface area (Å²) in [6.07, 6.45) is 0. The average molecular weight is 612 g/mol. The van der Waals surface area contributed by atoms with Crippen LogP contribution in [0.2, 0.25) is 5.02 Å². The van der Waals surface area contributed by atoms with Crippen LogP contribution in [-0.2, 0) is 20.9 Å². The number of aromatic nitrogens is 1. The fourth-order valence-electron chi connectivity index (χ4n) is 5.73. The number of hydrogen-bond acceptors (Lipinski definition) is 6. The third-order valence-electron chi connectivity index (χ3n) is 7.63. The lowest BCUT2D eigenvalue weighted by molar-refractivity contribution is -0.122. The zero-order valence-electron chi connectivity index (χ0n) is 21.9. The Balaban J connectivity index is 1.26. The fourth-order valence-corrected chi connectivity index (χ4v) is 8.63. The molecule has 0 spiro atoms. The van der Waals surface area contributed by atoms with E-state index in [0.29, 0.717) is 26.3 Å².